The summed E-state index contributed by atoms with van der Waals surface area (Å²) in [7, 11) is 1.62. The van der Waals surface area contributed by atoms with Gasteiger partial charge in [0.15, 0.2) is 0 Å². The summed E-state index contributed by atoms with van der Waals surface area (Å²) in [5, 5.41) is 7.08. The maximum atomic E-state index is 13.9. The Morgan fingerprint density at radius 3 is 2.62 bits per heavy atom. The Hall–Kier alpha value is -3.42. The molecular formula is C21H22FN5O2. The van der Waals surface area contributed by atoms with Gasteiger partial charge in [-0.1, -0.05) is 30.3 Å². The molecule has 29 heavy (non-hydrogen) atoms. The average molecular weight is 395 g/mol. The van der Waals surface area contributed by atoms with Crippen LogP contribution in [0.15, 0.2) is 59.4 Å². The Morgan fingerprint density at radius 2 is 1.86 bits per heavy atom. The number of hydrogen-bond donors (Lipinski definition) is 1. The first kappa shape index (κ1) is 18.9. The number of urea groups is 1. The van der Waals surface area contributed by atoms with Crippen molar-refractivity contribution < 1.29 is 9.18 Å². The van der Waals surface area contributed by atoms with E-state index in [1.54, 1.807) is 28.6 Å². The maximum absolute atomic E-state index is 13.9. The van der Waals surface area contributed by atoms with Crippen molar-refractivity contribution in [1.82, 2.24) is 19.2 Å². The van der Waals surface area contributed by atoms with Gasteiger partial charge < -0.3 is 10.2 Å². The zero-order valence-electron chi connectivity index (χ0n) is 16.1. The molecule has 0 aliphatic carbocycles. The van der Waals surface area contributed by atoms with Gasteiger partial charge in [-0.2, -0.15) is 5.10 Å². The van der Waals surface area contributed by atoms with Crippen molar-refractivity contribution in [2.45, 2.75) is 18.8 Å². The normalized spacial score (nSPS) is 16.6. The predicted octanol–water partition coefficient (Wildman–Crippen LogP) is 3.12. The number of rotatable bonds is 3. The number of hydrogen-bond acceptors (Lipinski definition) is 3. The number of halogens is 1. The van der Waals surface area contributed by atoms with Crippen LogP contribution in [0.2, 0.25) is 0 Å². The van der Waals surface area contributed by atoms with Crippen molar-refractivity contribution in [2.24, 2.45) is 7.05 Å². The standard InChI is InChI=1S/C21H22FN5O2/c1-25-21(29)27(16-9-3-2-4-10-16)19(24-25)15-8-7-13-26(14-15)20(28)23-18-12-6-5-11-17(18)22/h2-6,9-12,15H,7-8,13-14H2,1H3,(H,23,28)/t15-/m0/s1. The molecule has 150 valence electrons. The number of carbonyl (C=O) groups excluding carboxylic acids is 1. The molecule has 1 aliphatic heterocycles. The number of aromatic nitrogens is 3. The molecule has 7 nitrogen and oxygen atoms in total. The number of piperidine rings is 1. The molecule has 2 aromatic carbocycles. The molecule has 1 aromatic heterocycles. The molecule has 2 heterocycles. The van der Waals surface area contributed by atoms with Crippen LogP contribution in [0.5, 0.6) is 0 Å². The molecule has 4 rings (SSSR count). The van der Waals surface area contributed by atoms with Crippen molar-refractivity contribution in [3.63, 3.8) is 0 Å². The summed E-state index contributed by atoms with van der Waals surface area (Å²) >= 11 is 0. The van der Waals surface area contributed by atoms with Gasteiger partial charge in [0.25, 0.3) is 0 Å². The number of para-hydroxylation sites is 2. The largest absolute Gasteiger partial charge is 0.350 e. The molecule has 0 saturated carbocycles. The number of aryl methyl sites for hydroxylation is 1. The highest BCUT2D eigenvalue weighted by Gasteiger charge is 2.30. The first-order valence-electron chi connectivity index (χ1n) is 9.56. The zero-order chi connectivity index (χ0) is 20.4. The van der Waals surface area contributed by atoms with E-state index >= 15 is 0 Å². The third-order valence-electron chi connectivity index (χ3n) is 5.15. The van der Waals surface area contributed by atoms with Crippen molar-refractivity contribution in [3.8, 4) is 5.69 Å². The molecule has 1 aliphatic rings. The van der Waals surface area contributed by atoms with Gasteiger partial charge in [0.1, 0.15) is 11.6 Å². The van der Waals surface area contributed by atoms with Gasteiger partial charge in [0.05, 0.1) is 11.4 Å². The quantitative estimate of drug-likeness (QED) is 0.741. The smallest absolute Gasteiger partial charge is 0.324 e. The Bertz CT molecular complexity index is 1080. The van der Waals surface area contributed by atoms with Gasteiger partial charge >= 0.3 is 11.7 Å². The van der Waals surface area contributed by atoms with Crippen LogP contribution in [0.25, 0.3) is 5.69 Å². The lowest BCUT2D eigenvalue weighted by Gasteiger charge is -2.32. The molecule has 8 heteroatoms. The fraction of sp³-hybridized carbons (Fsp3) is 0.286. The van der Waals surface area contributed by atoms with Crippen LogP contribution in [0.1, 0.15) is 24.6 Å². The van der Waals surface area contributed by atoms with Crippen LogP contribution in [0.3, 0.4) is 0 Å². The predicted molar refractivity (Wildman–Crippen MR) is 108 cm³/mol. The third kappa shape index (κ3) is 3.78. The Balaban J connectivity index is 1.58. The first-order chi connectivity index (χ1) is 14.0. The second-order valence-corrected chi connectivity index (χ2v) is 7.13. The van der Waals surface area contributed by atoms with E-state index in [0.717, 1.165) is 18.5 Å². The van der Waals surface area contributed by atoms with E-state index in [-0.39, 0.29) is 23.3 Å². The molecule has 2 amide bonds. The summed E-state index contributed by atoms with van der Waals surface area (Å²) in [6.45, 7) is 0.975. The van der Waals surface area contributed by atoms with E-state index in [4.69, 9.17) is 0 Å². The highest BCUT2D eigenvalue weighted by molar-refractivity contribution is 5.89. The molecule has 1 saturated heterocycles. The SMILES string of the molecule is Cn1nc([C@H]2CCCN(C(=O)Nc3ccccc3F)C2)n(-c2ccccc2)c1=O. The Labute approximate surface area is 167 Å². The average Bonchev–Trinajstić information content (AvgIpc) is 3.05. The van der Waals surface area contributed by atoms with Gasteiger partial charge in [0.2, 0.25) is 0 Å². The van der Waals surface area contributed by atoms with Crippen LogP contribution in [0.4, 0.5) is 14.9 Å². The second-order valence-electron chi connectivity index (χ2n) is 7.13. The van der Waals surface area contributed by atoms with E-state index in [0.29, 0.717) is 18.9 Å². The van der Waals surface area contributed by atoms with Crippen molar-refractivity contribution in [1.29, 1.82) is 0 Å². The number of benzene rings is 2. The molecule has 0 spiro atoms. The molecule has 0 bridgehead atoms. The van der Waals surface area contributed by atoms with Crippen LogP contribution in [-0.2, 0) is 7.05 Å². The third-order valence-corrected chi connectivity index (χ3v) is 5.15. The van der Waals surface area contributed by atoms with Gasteiger partial charge in [-0.3, -0.25) is 0 Å². The summed E-state index contributed by atoms with van der Waals surface area (Å²) < 4.78 is 16.8. The molecule has 1 atom stereocenters. The van der Waals surface area contributed by atoms with Gasteiger partial charge in [0, 0.05) is 26.1 Å². The number of anilines is 1. The number of likely N-dealkylation sites (tertiary alicyclic amines) is 1. The molecule has 0 radical (unpaired) electrons. The van der Waals surface area contributed by atoms with E-state index in [9.17, 15) is 14.0 Å². The lowest BCUT2D eigenvalue weighted by molar-refractivity contribution is 0.191. The number of nitrogens with zero attached hydrogens (tertiary/aromatic N) is 4. The van der Waals surface area contributed by atoms with Crippen LogP contribution >= 0.6 is 0 Å². The summed E-state index contributed by atoms with van der Waals surface area (Å²) in [5.41, 5.74) is 0.673. The zero-order valence-corrected chi connectivity index (χ0v) is 16.1. The fourth-order valence-corrected chi connectivity index (χ4v) is 3.70. The Kier molecular flexibility index (Phi) is 5.16. The van der Waals surface area contributed by atoms with Gasteiger partial charge in [-0.25, -0.2) is 23.2 Å². The fourth-order valence-electron chi connectivity index (χ4n) is 3.70. The number of nitrogens with one attached hydrogen (secondary N) is 1. The van der Waals surface area contributed by atoms with Crippen LogP contribution in [0, 0.1) is 5.82 Å². The van der Waals surface area contributed by atoms with E-state index in [2.05, 4.69) is 10.4 Å². The molecule has 1 N–H and O–H groups in total. The van der Waals surface area contributed by atoms with Crippen molar-refractivity contribution in [3.05, 3.63) is 76.7 Å². The highest BCUT2D eigenvalue weighted by Crippen LogP contribution is 2.27. The molecule has 0 unspecified atom stereocenters. The molecular weight excluding hydrogens is 373 g/mol. The first-order valence-corrected chi connectivity index (χ1v) is 9.56. The van der Waals surface area contributed by atoms with E-state index < -0.39 is 5.82 Å². The van der Waals surface area contributed by atoms with E-state index in [1.807, 2.05) is 30.3 Å². The lowest BCUT2D eigenvalue weighted by Crippen LogP contribution is -2.42. The van der Waals surface area contributed by atoms with Crippen LogP contribution in [-0.4, -0.2) is 38.4 Å². The summed E-state index contributed by atoms with van der Waals surface area (Å²) in [6.07, 6.45) is 1.58. The van der Waals surface area contributed by atoms with Crippen LogP contribution < -0.4 is 11.0 Å². The Morgan fingerprint density at radius 1 is 1.14 bits per heavy atom. The minimum atomic E-state index is -0.475. The van der Waals surface area contributed by atoms with Crippen molar-refractivity contribution in [2.75, 3.05) is 18.4 Å². The van der Waals surface area contributed by atoms with E-state index in [1.165, 1.54) is 16.8 Å². The minimum Gasteiger partial charge on any atom is -0.324 e. The number of carbonyl (C=O) groups is 1. The molecule has 3 aromatic rings. The number of amides is 2. The topological polar surface area (TPSA) is 72.2 Å². The highest BCUT2D eigenvalue weighted by atomic mass is 19.1. The summed E-state index contributed by atoms with van der Waals surface area (Å²) in [4.78, 5) is 27.0. The van der Waals surface area contributed by atoms with Crippen molar-refractivity contribution >= 4 is 11.7 Å². The lowest BCUT2D eigenvalue weighted by atomic mass is 9.97. The summed E-state index contributed by atoms with van der Waals surface area (Å²) in [6, 6.07) is 15.1. The molecule has 1 fully saturated rings. The van der Waals surface area contributed by atoms with Gasteiger partial charge in [-0.05, 0) is 37.1 Å². The minimum absolute atomic E-state index is 0.0933. The van der Waals surface area contributed by atoms with Gasteiger partial charge in [-0.15, -0.1) is 0 Å². The monoisotopic (exact) mass is 395 g/mol. The second kappa shape index (κ2) is 7.90. The summed E-state index contributed by atoms with van der Waals surface area (Å²) in [5.74, 6) is 0.0633. The maximum Gasteiger partial charge on any atom is 0.350 e.